The van der Waals surface area contributed by atoms with Gasteiger partial charge in [-0.05, 0) is 23.3 Å². The molecule has 11 heteroatoms. The zero-order valence-corrected chi connectivity index (χ0v) is 16.5. The molecule has 2 heterocycles. The van der Waals surface area contributed by atoms with Gasteiger partial charge in [-0.3, -0.25) is 15.2 Å². The summed E-state index contributed by atoms with van der Waals surface area (Å²) in [4.78, 5) is 28.6. The first-order valence-electron chi connectivity index (χ1n) is 8.30. The second-order valence-electron chi connectivity index (χ2n) is 6.00. The van der Waals surface area contributed by atoms with Crippen molar-refractivity contribution in [3.05, 3.63) is 96.4 Å². The molecular formula is C19H10Cl2N6O3. The van der Waals surface area contributed by atoms with E-state index >= 15 is 0 Å². The Labute approximate surface area is 178 Å². The van der Waals surface area contributed by atoms with Crippen LogP contribution in [0.1, 0.15) is 11.1 Å². The highest BCUT2D eigenvalue weighted by atomic mass is 35.5. The van der Waals surface area contributed by atoms with E-state index < -0.39 is 17.1 Å². The lowest BCUT2D eigenvalue weighted by atomic mass is 10.0. The third-order valence-electron chi connectivity index (χ3n) is 4.12. The average molecular weight is 441 g/mol. The number of benzene rings is 2. The molecule has 0 radical (unpaired) electrons. The summed E-state index contributed by atoms with van der Waals surface area (Å²) in [5.74, 6) is -0.168. The minimum atomic E-state index is -0.883. The van der Waals surface area contributed by atoms with E-state index in [0.29, 0.717) is 11.3 Å². The van der Waals surface area contributed by atoms with E-state index in [0.717, 1.165) is 10.2 Å². The van der Waals surface area contributed by atoms with Gasteiger partial charge in [0.1, 0.15) is 0 Å². The number of ether oxygens (including phenoxy) is 1. The van der Waals surface area contributed by atoms with E-state index in [1.165, 1.54) is 12.1 Å². The van der Waals surface area contributed by atoms with Gasteiger partial charge in [-0.1, -0.05) is 54.6 Å². The topological polar surface area (TPSA) is 106 Å². The Hall–Kier alpha value is -3.87. The Balaban J connectivity index is 1.76. The van der Waals surface area contributed by atoms with Crippen LogP contribution in [0.15, 0.2) is 57.7 Å². The molecule has 148 valence electrons. The molecule has 1 aliphatic rings. The van der Waals surface area contributed by atoms with Crippen molar-refractivity contribution in [2.45, 2.75) is 0 Å². The molecule has 9 nitrogen and oxygen atoms in total. The molecule has 0 aliphatic carbocycles. The van der Waals surface area contributed by atoms with Gasteiger partial charge in [0.25, 0.3) is 5.56 Å². The molecule has 1 aromatic heterocycles. The molecule has 0 saturated carbocycles. The van der Waals surface area contributed by atoms with Crippen LogP contribution < -0.4 is 21.4 Å². The van der Waals surface area contributed by atoms with Gasteiger partial charge in [0.15, 0.2) is 5.75 Å². The number of hydrogen-bond donors (Lipinski definition) is 2. The molecule has 0 unspecified atom stereocenters. The Morgan fingerprint density at radius 3 is 2.47 bits per heavy atom. The fourth-order valence-electron chi connectivity index (χ4n) is 2.75. The maximum Gasteiger partial charge on any atom is 0.365 e. The van der Waals surface area contributed by atoms with E-state index in [-0.39, 0.29) is 27.4 Å². The number of hydrogen-bond acceptors (Lipinski definition) is 6. The van der Waals surface area contributed by atoms with Gasteiger partial charge in [0.05, 0.1) is 21.4 Å². The maximum absolute atomic E-state index is 12.1. The summed E-state index contributed by atoms with van der Waals surface area (Å²) in [6.45, 7) is 10.9. The second kappa shape index (κ2) is 7.51. The molecule has 0 saturated heterocycles. The summed E-state index contributed by atoms with van der Waals surface area (Å²) < 4.78 is 6.66. The normalized spacial score (nSPS) is 12.4. The molecule has 0 bridgehead atoms. The summed E-state index contributed by atoms with van der Waals surface area (Å²) in [6, 6.07) is 10.1. The van der Waals surface area contributed by atoms with Crippen LogP contribution in [0.2, 0.25) is 10.0 Å². The van der Waals surface area contributed by atoms with Crippen molar-refractivity contribution >= 4 is 40.6 Å². The van der Waals surface area contributed by atoms with E-state index in [4.69, 9.17) is 34.5 Å². The highest BCUT2D eigenvalue weighted by Gasteiger charge is 2.22. The largest absolute Gasteiger partial charge is 0.434 e. The predicted molar refractivity (Wildman–Crippen MR) is 113 cm³/mol. The number of aromatic nitrogens is 3. The molecule has 0 fully saturated rings. The Kier molecular flexibility index (Phi) is 4.87. The minimum absolute atomic E-state index is 0.0614. The molecule has 1 aliphatic heterocycles. The fourth-order valence-corrected chi connectivity index (χ4v) is 3.30. The summed E-state index contributed by atoms with van der Waals surface area (Å²) in [5.41, 5.74) is 3.30. The van der Waals surface area contributed by atoms with Crippen molar-refractivity contribution in [3.8, 4) is 11.4 Å². The molecule has 3 aromatic rings. The van der Waals surface area contributed by atoms with Crippen molar-refractivity contribution in [1.29, 1.82) is 0 Å². The summed E-state index contributed by atoms with van der Waals surface area (Å²) in [6.07, 6.45) is 0. The quantitative estimate of drug-likeness (QED) is 0.595. The van der Waals surface area contributed by atoms with E-state index in [2.05, 4.69) is 27.0 Å². The van der Waals surface area contributed by atoms with Gasteiger partial charge in [0, 0.05) is 11.1 Å². The smallest absolute Gasteiger partial charge is 0.365 e. The molecule has 0 atom stereocenters. The Bertz CT molecular complexity index is 1380. The van der Waals surface area contributed by atoms with Gasteiger partial charge in [-0.15, -0.1) is 9.78 Å². The SMILES string of the molecule is [C-]#[N+]c1nn(-c2cc(Cl)c(OC3=NNC(=C)c4ccccc43)c(Cl)c2)c(=O)[nH]c1=O. The van der Waals surface area contributed by atoms with Gasteiger partial charge < -0.3 is 9.58 Å². The minimum Gasteiger partial charge on any atom is -0.434 e. The number of nitrogens with one attached hydrogen (secondary N) is 2. The first-order valence-corrected chi connectivity index (χ1v) is 9.05. The highest BCUT2D eigenvalue weighted by Crippen LogP contribution is 2.36. The number of rotatable bonds is 2. The first kappa shape index (κ1) is 19.4. The van der Waals surface area contributed by atoms with Crippen LogP contribution in [-0.2, 0) is 0 Å². The molecule has 0 spiro atoms. The molecule has 4 rings (SSSR count). The number of halogens is 2. The van der Waals surface area contributed by atoms with Crippen LogP contribution >= 0.6 is 23.2 Å². The van der Waals surface area contributed by atoms with Crippen LogP contribution in [0.25, 0.3) is 16.2 Å². The third kappa shape index (κ3) is 3.34. The number of nitrogens with zero attached hydrogens (tertiary/aromatic N) is 4. The van der Waals surface area contributed by atoms with Crippen molar-refractivity contribution < 1.29 is 4.74 Å². The van der Waals surface area contributed by atoms with E-state index in [9.17, 15) is 9.59 Å². The van der Waals surface area contributed by atoms with Gasteiger partial charge >= 0.3 is 11.5 Å². The highest BCUT2D eigenvalue weighted by molar-refractivity contribution is 6.37. The predicted octanol–water partition coefficient (Wildman–Crippen LogP) is 3.09. The number of H-pyrrole nitrogens is 1. The van der Waals surface area contributed by atoms with Crippen LogP contribution in [0, 0.1) is 6.57 Å². The van der Waals surface area contributed by atoms with Crippen molar-refractivity contribution in [2.24, 2.45) is 5.10 Å². The number of aromatic amines is 1. The standard InChI is InChI=1S/C19H10Cl2N6O3/c1-9-11-5-3-4-6-12(11)18(25-24-9)30-15-13(20)7-10(8-14(15)21)27-19(29)23-17(28)16(22-2)26-27/h3-8,24H,1H2,(H,23,28,29). The van der Waals surface area contributed by atoms with E-state index in [1.54, 1.807) is 0 Å². The Morgan fingerprint density at radius 1 is 1.13 bits per heavy atom. The summed E-state index contributed by atoms with van der Waals surface area (Å²) in [5, 5.41) is 8.00. The van der Waals surface area contributed by atoms with Crippen LogP contribution in [-0.4, -0.2) is 20.7 Å². The third-order valence-corrected chi connectivity index (χ3v) is 4.68. The Morgan fingerprint density at radius 2 is 1.80 bits per heavy atom. The van der Waals surface area contributed by atoms with Crippen LogP contribution in [0.4, 0.5) is 5.82 Å². The molecule has 2 N–H and O–H groups in total. The van der Waals surface area contributed by atoms with Crippen LogP contribution in [0.3, 0.4) is 0 Å². The average Bonchev–Trinajstić information content (AvgIpc) is 2.72. The lowest BCUT2D eigenvalue weighted by molar-refractivity contribution is 0.543. The summed E-state index contributed by atoms with van der Waals surface area (Å²) >= 11 is 12.7. The van der Waals surface area contributed by atoms with E-state index in [1.807, 2.05) is 29.2 Å². The lowest BCUT2D eigenvalue weighted by Crippen LogP contribution is -2.30. The number of fused-ring (bicyclic) bond motifs is 1. The number of hydrazone groups is 1. The monoisotopic (exact) mass is 440 g/mol. The first-order chi connectivity index (χ1) is 14.4. The molecule has 30 heavy (non-hydrogen) atoms. The molecular weight excluding hydrogens is 431 g/mol. The summed E-state index contributed by atoms with van der Waals surface area (Å²) in [7, 11) is 0. The zero-order valence-electron chi connectivity index (χ0n) is 14.9. The zero-order chi connectivity index (χ0) is 21.4. The van der Waals surface area contributed by atoms with Gasteiger partial charge in [-0.2, -0.15) is 0 Å². The lowest BCUT2D eigenvalue weighted by Gasteiger charge is -2.20. The van der Waals surface area contributed by atoms with Crippen molar-refractivity contribution in [2.75, 3.05) is 0 Å². The molecule has 2 aromatic carbocycles. The second-order valence-corrected chi connectivity index (χ2v) is 6.81. The van der Waals surface area contributed by atoms with Crippen molar-refractivity contribution in [3.63, 3.8) is 0 Å². The van der Waals surface area contributed by atoms with Crippen LogP contribution in [0.5, 0.6) is 5.75 Å². The fraction of sp³-hybridized carbons (Fsp3) is 0. The van der Waals surface area contributed by atoms with Gasteiger partial charge in [-0.25, -0.2) is 4.79 Å². The van der Waals surface area contributed by atoms with Gasteiger partial charge in [0.2, 0.25) is 5.90 Å². The van der Waals surface area contributed by atoms with Crippen molar-refractivity contribution in [1.82, 2.24) is 20.2 Å². The maximum atomic E-state index is 12.1. The molecule has 0 amide bonds.